The molecule has 2 atom stereocenters. The number of rotatable bonds is 6. The molecule has 0 radical (unpaired) electrons. The van der Waals surface area contributed by atoms with E-state index in [2.05, 4.69) is 17.2 Å². The van der Waals surface area contributed by atoms with Crippen LogP contribution in [0, 0.1) is 0 Å². The molecule has 4 amide bonds. The third kappa shape index (κ3) is 2.82. The van der Waals surface area contributed by atoms with Gasteiger partial charge in [0.15, 0.2) is 5.54 Å². The van der Waals surface area contributed by atoms with Crippen LogP contribution < -0.4 is 5.32 Å². The predicted octanol–water partition coefficient (Wildman–Crippen LogP) is 2.90. The van der Waals surface area contributed by atoms with E-state index in [-0.39, 0.29) is 11.8 Å². The van der Waals surface area contributed by atoms with Crippen molar-refractivity contribution in [2.24, 2.45) is 0 Å². The Balaban J connectivity index is 1.64. The van der Waals surface area contributed by atoms with Gasteiger partial charge >= 0.3 is 6.03 Å². The monoisotopic (exact) mass is 396 g/mol. The summed E-state index contributed by atoms with van der Waals surface area (Å²) in [6, 6.07) is 6.71. The number of amides is 4. The highest BCUT2D eigenvalue weighted by molar-refractivity contribution is 6.10. The van der Waals surface area contributed by atoms with Crippen molar-refractivity contribution < 1.29 is 14.4 Å². The van der Waals surface area contributed by atoms with Gasteiger partial charge in [-0.1, -0.05) is 38.0 Å². The normalized spacial score (nSPS) is 22.0. The SMILES string of the molecule is CCCCCNC(=O)[C@H](C)N1C(=O)N2CCc3c([nH]c4ccccc34)[C@@]2(C)C1=O. The van der Waals surface area contributed by atoms with Gasteiger partial charge in [-0.2, -0.15) is 0 Å². The van der Waals surface area contributed by atoms with Crippen molar-refractivity contribution in [3.05, 3.63) is 35.5 Å². The fourth-order valence-electron chi connectivity index (χ4n) is 4.61. The summed E-state index contributed by atoms with van der Waals surface area (Å²) in [7, 11) is 0. The van der Waals surface area contributed by atoms with E-state index >= 15 is 0 Å². The Morgan fingerprint density at radius 1 is 1.28 bits per heavy atom. The van der Waals surface area contributed by atoms with E-state index in [4.69, 9.17) is 0 Å². The third-order valence-corrected chi connectivity index (χ3v) is 6.34. The lowest BCUT2D eigenvalue weighted by molar-refractivity contribution is -0.139. The summed E-state index contributed by atoms with van der Waals surface area (Å²) >= 11 is 0. The number of hydrogen-bond acceptors (Lipinski definition) is 3. The number of unbranched alkanes of at least 4 members (excludes halogenated alkanes) is 2. The molecule has 2 aromatic rings. The Kier molecular flexibility index (Phi) is 4.84. The summed E-state index contributed by atoms with van der Waals surface area (Å²) < 4.78 is 0. The summed E-state index contributed by atoms with van der Waals surface area (Å²) in [5.41, 5.74) is 1.70. The first-order valence-electron chi connectivity index (χ1n) is 10.4. The van der Waals surface area contributed by atoms with Gasteiger partial charge in [0.05, 0.1) is 5.69 Å². The largest absolute Gasteiger partial charge is 0.356 e. The number of aromatic amines is 1. The number of imide groups is 1. The first-order valence-corrected chi connectivity index (χ1v) is 10.4. The second-order valence-corrected chi connectivity index (χ2v) is 8.13. The molecule has 3 heterocycles. The maximum absolute atomic E-state index is 13.5. The van der Waals surface area contributed by atoms with E-state index in [9.17, 15) is 14.4 Å². The van der Waals surface area contributed by atoms with Crippen molar-refractivity contribution in [2.75, 3.05) is 13.1 Å². The number of para-hydroxylation sites is 1. The Bertz CT molecular complexity index is 982. The number of carbonyl (C=O) groups excluding carboxylic acids is 3. The average Bonchev–Trinajstić information content (AvgIpc) is 3.19. The van der Waals surface area contributed by atoms with Crippen LogP contribution in [0.5, 0.6) is 0 Å². The second-order valence-electron chi connectivity index (χ2n) is 8.13. The minimum atomic E-state index is -1.11. The molecule has 1 fully saturated rings. The van der Waals surface area contributed by atoms with Crippen LogP contribution in [-0.4, -0.2) is 51.8 Å². The molecule has 0 bridgehead atoms. The molecule has 1 aromatic carbocycles. The molecular formula is C22H28N4O3. The van der Waals surface area contributed by atoms with E-state index in [1.807, 2.05) is 24.3 Å². The van der Waals surface area contributed by atoms with Gasteiger partial charge < -0.3 is 15.2 Å². The van der Waals surface area contributed by atoms with Gasteiger partial charge in [-0.25, -0.2) is 9.69 Å². The topological polar surface area (TPSA) is 85.5 Å². The molecule has 0 saturated carbocycles. The van der Waals surface area contributed by atoms with Crippen molar-refractivity contribution in [3.8, 4) is 0 Å². The first-order chi connectivity index (χ1) is 13.9. The Hall–Kier alpha value is -2.83. The fourth-order valence-corrected chi connectivity index (χ4v) is 4.61. The van der Waals surface area contributed by atoms with E-state index in [1.165, 1.54) is 0 Å². The molecule has 0 aliphatic carbocycles. The molecular weight excluding hydrogens is 368 g/mol. The van der Waals surface area contributed by atoms with Gasteiger partial charge in [-0.05, 0) is 38.3 Å². The van der Waals surface area contributed by atoms with Gasteiger partial charge in [0, 0.05) is 24.0 Å². The molecule has 7 nitrogen and oxygen atoms in total. The zero-order chi connectivity index (χ0) is 20.8. The fraction of sp³-hybridized carbons (Fsp3) is 0.500. The molecule has 0 unspecified atom stereocenters. The zero-order valence-electron chi connectivity index (χ0n) is 17.2. The molecule has 29 heavy (non-hydrogen) atoms. The number of nitrogens with zero attached hydrogens (tertiary/aromatic N) is 2. The van der Waals surface area contributed by atoms with Crippen LogP contribution in [0.1, 0.15) is 51.3 Å². The van der Waals surface area contributed by atoms with Crippen molar-refractivity contribution in [3.63, 3.8) is 0 Å². The zero-order valence-corrected chi connectivity index (χ0v) is 17.2. The van der Waals surface area contributed by atoms with Crippen molar-refractivity contribution >= 4 is 28.7 Å². The van der Waals surface area contributed by atoms with Gasteiger partial charge in [-0.3, -0.25) is 9.59 Å². The maximum atomic E-state index is 13.5. The lowest BCUT2D eigenvalue weighted by Gasteiger charge is -2.36. The van der Waals surface area contributed by atoms with Crippen molar-refractivity contribution in [1.82, 2.24) is 20.1 Å². The van der Waals surface area contributed by atoms with Crippen LogP contribution in [-0.2, 0) is 21.5 Å². The molecule has 0 spiro atoms. The van der Waals surface area contributed by atoms with Gasteiger partial charge in [0.1, 0.15) is 6.04 Å². The number of hydrogen-bond donors (Lipinski definition) is 2. The summed E-state index contributed by atoms with van der Waals surface area (Å²) in [6.45, 7) is 6.52. The van der Waals surface area contributed by atoms with Crippen LogP contribution in [0.25, 0.3) is 10.9 Å². The van der Waals surface area contributed by atoms with Crippen molar-refractivity contribution in [1.29, 1.82) is 0 Å². The van der Waals surface area contributed by atoms with E-state index < -0.39 is 17.6 Å². The standard InChI is InChI=1S/C22H28N4O3/c1-4-5-8-12-23-19(27)14(2)26-20(28)22(3)18-16(11-13-25(22)21(26)29)15-9-6-7-10-17(15)24-18/h6-7,9-10,14,24H,4-5,8,11-13H2,1-3H3,(H,23,27)/t14-,22-/m0/s1. The van der Waals surface area contributed by atoms with Crippen molar-refractivity contribution in [2.45, 2.75) is 58.0 Å². The maximum Gasteiger partial charge on any atom is 0.328 e. The van der Waals surface area contributed by atoms with Crippen LogP contribution in [0.4, 0.5) is 4.79 Å². The summed E-state index contributed by atoms with van der Waals surface area (Å²) in [6.07, 6.45) is 3.67. The predicted molar refractivity (Wildman–Crippen MR) is 110 cm³/mol. The first kappa shape index (κ1) is 19.5. The average molecular weight is 396 g/mol. The molecule has 154 valence electrons. The lowest BCUT2D eigenvalue weighted by atomic mass is 9.87. The highest BCUT2D eigenvalue weighted by Gasteiger charge is 2.60. The van der Waals surface area contributed by atoms with Gasteiger partial charge in [0.25, 0.3) is 5.91 Å². The highest BCUT2D eigenvalue weighted by Crippen LogP contribution is 2.44. The number of nitrogens with one attached hydrogen (secondary N) is 2. The Morgan fingerprint density at radius 2 is 2.03 bits per heavy atom. The molecule has 2 N–H and O–H groups in total. The lowest BCUT2D eigenvalue weighted by Crippen LogP contribution is -2.50. The molecule has 2 aliphatic heterocycles. The van der Waals surface area contributed by atoms with E-state index in [0.717, 1.165) is 46.3 Å². The summed E-state index contributed by atoms with van der Waals surface area (Å²) in [4.78, 5) is 45.3. The highest BCUT2D eigenvalue weighted by atomic mass is 16.2. The molecule has 7 heteroatoms. The second kappa shape index (κ2) is 7.21. The minimum absolute atomic E-state index is 0.289. The number of carbonyl (C=O) groups is 3. The number of aromatic nitrogens is 1. The number of fused-ring (bicyclic) bond motifs is 5. The summed E-state index contributed by atoms with van der Waals surface area (Å²) in [5.74, 6) is -0.630. The Morgan fingerprint density at radius 3 is 2.79 bits per heavy atom. The van der Waals surface area contributed by atoms with Crippen LogP contribution in [0.15, 0.2) is 24.3 Å². The number of H-pyrrole nitrogens is 1. The van der Waals surface area contributed by atoms with Crippen LogP contribution in [0.2, 0.25) is 0 Å². The minimum Gasteiger partial charge on any atom is -0.356 e. The molecule has 4 rings (SSSR count). The van der Waals surface area contributed by atoms with Crippen LogP contribution in [0.3, 0.4) is 0 Å². The van der Waals surface area contributed by atoms with Gasteiger partial charge in [-0.15, -0.1) is 0 Å². The van der Waals surface area contributed by atoms with E-state index in [1.54, 1.807) is 18.7 Å². The third-order valence-electron chi connectivity index (χ3n) is 6.34. The quantitative estimate of drug-likeness (QED) is 0.582. The molecule has 1 aromatic heterocycles. The van der Waals surface area contributed by atoms with E-state index in [0.29, 0.717) is 19.5 Å². The number of urea groups is 1. The van der Waals surface area contributed by atoms with Gasteiger partial charge in [0.2, 0.25) is 5.91 Å². The smallest absolute Gasteiger partial charge is 0.328 e. The number of benzene rings is 1. The van der Waals surface area contributed by atoms with Crippen LogP contribution >= 0.6 is 0 Å². The molecule has 2 aliphatic rings. The Labute approximate surface area is 170 Å². The molecule has 1 saturated heterocycles. The summed E-state index contributed by atoms with van der Waals surface area (Å²) in [5, 5.41) is 3.95.